The van der Waals surface area contributed by atoms with Gasteiger partial charge >= 0.3 is 0 Å². The Bertz CT molecular complexity index is 886. The number of nitro benzene ring substituents is 1. The van der Waals surface area contributed by atoms with E-state index in [-0.39, 0.29) is 10.6 Å². The summed E-state index contributed by atoms with van der Waals surface area (Å²) in [4.78, 5) is 13.1. The van der Waals surface area contributed by atoms with E-state index in [0.717, 1.165) is 24.3 Å². The molecule has 26 heavy (non-hydrogen) atoms. The highest BCUT2D eigenvalue weighted by Gasteiger charge is 2.29. The van der Waals surface area contributed by atoms with Gasteiger partial charge in [0, 0.05) is 43.7 Å². The first-order valence-electron chi connectivity index (χ1n) is 8.75. The molecule has 1 aliphatic rings. The van der Waals surface area contributed by atoms with Crippen LogP contribution in [0.1, 0.15) is 24.0 Å². The van der Waals surface area contributed by atoms with Crippen molar-refractivity contribution in [2.75, 3.05) is 0 Å². The van der Waals surface area contributed by atoms with Gasteiger partial charge in [-0.1, -0.05) is 24.3 Å². The molecule has 0 aliphatic heterocycles. The van der Waals surface area contributed by atoms with Crippen LogP contribution in [0.25, 0.3) is 5.69 Å². The minimum absolute atomic E-state index is 0.154. The van der Waals surface area contributed by atoms with Gasteiger partial charge in [0.05, 0.1) is 10.6 Å². The molecule has 1 heterocycles. The van der Waals surface area contributed by atoms with E-state index in [0.29, 0.717) is 6.04 Å². The highest BCUT2D eigenvalue weighted by atomic mass is 16.6. The van der Waals surface area contributed by atoms with Crippen molar-refractivity contribution in [3.8, 4) is 5.69 Å². The van der Waals surface area contributed by atoms with E-state index in [1.807, 2.05) is 23.0 Å². The number of benzene rings is 2. The Labute approximate surface area is 151 Å². The first-order valence-corrected chi connectivity index (χ1v) is 8.75. The minimum Gasteiger partial charge on any atom is -0.292 e. The lowest BCUT2D eigenvalue weighted by molar-refractivity contribution is -0.384. The van der Waals surface area contributed by atoms with E-state index in [1.165, 1.54) is 18.4 Å². The summed E-state index contributed by atoms with van der Waals surface area (Å²) in [6.45, 7) is 1.57. The molecule has 0 spiro atoms. The van der Waals surface area contributed by atoms with Crippen LogP contribution in [0.5, 0.6) is 0 Å². The maximum absolute atomic E-state index is 11.0. The first-order chi connectivity index (χ1) is 12.7. The van der Waals surface area contributed by atoms with Crippen molar-refractivity contribution in [3.05, 3.63) is 88.2 Å². The second-order valence-corrected chi connectivity index (χ2v) is 6.68. The van der Waals surface area contributed by atoms with Crippen molar-refractivity contribution < 1.29 is 4.92 Å². The van der Waals surface area contributed by atoms with Crippen LogP contribution in [0, 0.1) is 10.1 Å². The Morgan fingerprint density at radius 1 is 1.08 bits per heavy atom. The summed E-state index contributed by atoms with van der Waals surface area (Å²) >= 11 is 0. The van der Waals surface area contributed by atoms with Crippen LogP contribution >= 0.6 is 0 Å². The Balaban J connectivity index is 1.47. The van der Waals surface area contributed by atoms with Gasteiger partial charge in [0.2, 0.25) is 0 Å². The smallest absolute Gasteiger partial charge is 0.269 e. The van der Waals surface area contributed by atoms with E-state index >= 15 is 0 Å². The molecule has 6 nitrogen and oxygen atoms in total. The van der Waals surface area contributed by atoms with Crippen LogP contribution in [0.4, 0.5) is 5.69 Å². The van der Waals surface area contributed by atoms with Crippen LogP contribution in [0.15, 0.2) is 67.0 Å². The van der Waals surface area contributed by atoms with Crippen LogP contribution in [0.2, 0.25) is 0 Å². The van der Waals surface area contributed by atoms with Crippen LogP contribution in [0.3, 0.4) is 0 Å². The Kier molecular flexibility index (Phi) is 4.50. The van der Waals surface area contributed by atoms with Gasteiger partial charge in [-0.3, -0.25) is 15.0 Å². The fraction of sp³-hybridized carbons (Fsp3) is 0.250. The van der Waals surface area contributed by atoms with Crippen molar-refractivity contribution in [3.63, 3.8) is 0 Å². The molecule has 0 bridgehead atoms. The summed E-state index contributed by atoms with van der Waals surface area (Å²) in [6.07, 6.45) is 6.08. The maximum atomic E-state index is 11.0. The van der Waals surface area contributed by atoms with Gasteiger partial charge in [-0.05, 0) is 42.2 Å². The first kappa shape index (κ1) is 16.5. The molecule has 0 N–H and O–H groups in total. The number of nitrogens with zero attached hydrogens (tertiary/aromatic N) is 4. The van der Waals surface area contributed by atoms with Crippen LogP contribution < -0.4 is 0 Å². The molecule has 132 valence electrons. The summed E-state index contributed by atoms with van der Waals surface area (Å²) in [5, 5.41) is 15.2. The van der Waals surface area contributed by atoms with Gasteiger partial charge < -0.3 is 0 Å². The van der Waals surface area contributed by atoms with Gasteiger partial charge in [-0.2, -0.15) is 5.10 Å². The Hall–Kier alpha value is -2.99. The quantitative estimate of drug-likeness (QED) is 0.479. The standard InChI is InChI=1S/C20H20N4O2/c25-24(26)20-4-1-3-17(13-20)15-22(18-9-10-18)14-16-5-7-19(8-6-16)23-12-2-11-21-23/h1-8,11-13,18H,9-10,14-15H2. The second-order valence-electron chi connectivity index (χ2n) is 6.68. The van der Waals surface area contributed by atoms with Gasteiger partial charge in [0.1, 0.15) is 0 Å². The molecular formula is C20H20N4O2. The van der Waals surface area contributed by atoms with E-state index < -0.39 is 0 Å². The largest absolute Gasteiger partial charge is 0.292 e. The lowest BCUT2D eigenvalue weighted by Crippen LogP contribution is -2.25. The molecule has 2 aromatic carbocycles. The highest BCUT2D eigenvalue weighted by molar-refractivity contribution is 5.35. The number of aromatic nitrogens is 2. The predicted octanol–water partition coefficient (Wildman–Crippen LogP) is 3.95. The minimum atomic E-state index is -0.334. The molecule has 0 atom stereocenters. The molecule has 4 rings (SSSR count). The van der Waals surface area contributed by atoms with Gasteiger partial charge in [-0.15, -0.1) is 0 Å². The third kappa shape index (κ3) is 3.81. The topological polar surface area (TPSA) is 64.2 Å². The summed E-state index contributed by atoms with van der Waals surface area (Å²) in [7, 11) is 0. The number of rotatable bonds is 7. The van der Waals surface area contributed by atoms with E-state index in [2.05, 4.69) is 34.3 Å². The maximum Gasteiger partial charge on any atom is 0.269 e. The average Bonchev–Trinajstić information content (AvgIpc) is 3.36. The molecule has 1 saturated carbocycles. The molecule has 0 radical (unpaired) electrons. The van der Waals surface area contributed by atoms with E-state index in [4.69, 9.17) is 0 Å². The van der Waals surface area contributed by atoms with Gasteiger partial charge in [-0.25, -0.2) is 4.68 Å². The summed E-state index contributed by atoms with van der Waals surface area (Å²) in [6, 6.07) is 17.8. The highest BCUT2D eigenvalue weighted by Crippen LogP contribution is 2.30. The molecule has 1 aliphatic carbocycles. The zero-order valence-electron chi connectivity index (χ0n) is 14.4. The number of non-ortho nitro benzene ring substituents is 1. The molecule has 0 saturated heterocycles. The molecule has 0 amide bonds. The number of nitro groups is 1. The summed E-state index contributed by atoms with van der Waals surface area (Å²) in [5.74, 6) is 0. The van der Waals surface area contributed by atoms with Crippen molar-refractivity contribution in [1.82, 2.24) is 14.7 Å². The molecular weight excluding hydrogens is 328 g/mol. The molecule has 6 heteroatoms. The Morgan fingerprint density at radius 3 is 2.50 bits per heavy atom. The average molecular weight is 348 g/mol. The fourth-order valence-corrected chi connectivity index (χ4v) is 3.17. The summed E-state index contributed by atoms with van der Waals surface area (Å²) < 4.78 is 1.84. The van der Waals surface area contributed by atoms with Crippen molar-refractivity contribution in [2.24, 2.45) is 0 Å². The van der Waals surface area contributed by atoms with Crippen molar-refractivity contribution >= 4 is 5.69 Å². The fourth-order valence-electron chi connectivity index (χ4n) is 3.17. The third-order valence-electron chi connectivity index (χ3n) is 4.66. The van der Waals surface area contributed by atoms with Crippen LogP contribution in [-0.4, -0.2) is 25.6 Å². The van der Waals surface area contributed by atoms with Gasteiger partial charge in [0.15, 0.2) is 0 Å². The predicted molar refractivity (Wildman–Crippen MR) is 98.9 cm³/mol. The van der Waals surface area contributed by atoms with Crippen LogP contribution in [-0.2, 0) is 13.1 Å². The number of hydrogen-bond donors (Lipinski definition) is 0. The Morgan fingerprint density at radius 2 is 1.85 bits per heavy atom. The zero-order valence-corrected chi connectivity index (χ0v) is 14.4. The molecule has 0 unspecified atom stereocenters. The number of hydrogen-bond acceptors (Lipinski definition) is 4. The monoisotopic (exact) mass is 348 g/mol. The van der Waals surface area contributed by atoms with Crippen molar-refractivity contribution in [2.45, 2.75) is 32.0 Å². The SMILES string of the molecule is O=[N+]([O-])c1cccc(CN(Cc2ccc(-n3cccn3)cc2)C2CC2)c1. The van der Waals surface area contributed by atoms with Crippen molar-refractivity contribution in [1.29, 1.82) is 0 Å². The lowest BCUT2D eigenvalue weighted by Gasteiger charge is -2.22. The van der Waals surface area contributed by atoms with E-state index in [1.54, 1.807) is 24.4 Å². The molecule has 1 fully saturated rings. The zero-order chi connectivity index (χ0) is 17.9. The summed E-state index contributed by atoms with van der Waals surface area (Å²) in [5.41, 5.74) is 3.41. The van der Waals surface area contributed by atoms with E-state index in [9.17, 15) is 10.1 Å². The molecule has 1 aromatic heterocycles. The third-order valence-corrected chi connectivity index (χ3v) is 4.66. The normalized spacial score (nSPS) is 13.9. The molecule has 3 aromatic rings. The second kappa shape index (κ2) is 7.09. The van der Waals surface area contributed by atoms with Gasteiger partial charge in [0.25, 0.3) is 5.69 Å². The lowest BCUT2D eigenvalue weighted by atomic mass is 10.1.